The van der Waals surface area contributed by atoms with Crippen LogP contribution in [-0.2, 0) is 5.60 Å². The Hall–Kier alpha value is -1.17. The number of anilines is 1. The van der Waals surface area contributed by atoms with Crippen LogP contribution in [0.25, 0.3) is 0 Å². The molecular formula is C13H13BrClN3O. The highest BCUT2D eigenvalue weighted by atomic mass is 79.9. The van der Waals surface area contributed by atoms with Crippen LogP contribution in [0.5, 0.6) is 0 Å². The van der Waals surface area contributed by atoms with Crippen LogP contribution in [0, 0.1) is 0 Å². The van der Waals surface area contributed by atoms with Crippen molar-refractivity contribution in [1.29, 1.82) is 0 Å². The van der Waals surface area contributed by atoms with Gasteiger partial charge in [-0.05, 0) is 40.5 Å². The molecule has 1 aromatic heterocycles. The predicted octanol–water partition coefficient (Wildman–Crippen LogP) is 3.21. The number of halogens is 2. The molecule has 0 aliphatic carbocycles. The first-order valence-electron chi connectivity index (χ1n) is 5.67. The Balaban J connectivity index is 2.07. The molecule has 6 heteroatoms. The standard InChI is InChI=1S/C13H13BrClN3O/c1-13(19,9-3-2-4-11(15)5-9)8-18-12-16-6-10(14)7-17-12/h2-7,19H,8H2,1H3,(H,16,17,18). The van der Waals surface area contributed by atoms with Crippen LogP contribution in [0.1, 0.15) is 12.5 Å². The molecule has 0 saturated heterocycles. The van der Waals surface area contributed by atoms with Crippen molar-refractivity contribution < 1.29 is 5.11 Å². The maximum atomic E-state index is 10.4. The smallest absolute Gasteiger partial charge is 0.222 e. The number of hydrogen-bond acceptors (Lipinski definition) is 4. The second kappa shape index (κ2) is 5.86. The molecule has 2 aromatic rings. The van der Waals surface area contributed by atoms with Gasteiger partial charge >= 0.3 is 0 Å². The van der Waals surface area contributed by atoms with Crippen LogP contribution >= 0.6 is 27.5 Å². The average molecular weight is 343 g/mol. The fourth-order valence-electron chi connectivity index (χ4n) is 1.58. The van der Waals surface area contributed by atoms with E-state index in [0.717, 1.165) is 10.0 Å². The summed E-state index contributed by atoms with van der Waals surface area (Å²) in [7, 11) is 0. The Morgan fingerprint density at radius 2 is 2.05 bits per heavy atom. The lowest BCUT2D eigenvalue weighted by Crippen LogP contribution is -2.31. The van der Waals surface area contributed by atoms with Crippen molar-refractivity contribution in [2.45, 2.75) is 12.5 Å². The quantitative estimate of drug-likeness (QED) is 0.896. The minimum absolute atomic E-state index is 0.287. The number of hydrogen-bond donors (Lipinski definition) is 2. The van der Waals surface area contributed by atoms with Crippen LogP contribution in [0.15, 0.2) is 41.1 Å². The highest BCUT2D eigenvalue weighted by molar-refractivity contribution is 9.10. The second-order valence-corrected chi connectivity index (χ2v) is 5.71. The van der Waals surface area contributed by atoms with Gasteiger partial charge in [0.15, 0.2) is 0 Å². The largest absolute Gasteiger partial charge is 0.384 e. The van der Waals surface area contributed by atoms with E-state index in [1.54, 1.807) is 31.5 Å². The highest BCUT2D eigenvalue weighted by Crippen LogP contribution is 2.23. The van der Waals surface area contributed by atoms with Crippen LogP contribution in [0.2, 0.25) is 5.02 Å². The van der Waals surface area contributed by atoms with Gasteiger partial charge in [-0.25, -0.2) is 9.97 Å². The van der Waals surface area contributed by atoms with Gasteiger partial charge in [-0.15, -0.1) is 0 Å². The maximum absolute atomic E-state index is 10.4. The Morgan fingerprint density at radius 1 is 1.37 bits per heavy atom. The molecule has 0 radical (unpaired) electrons. The van der Waals surface area contributed by atoms with Gasteiger partial charge in [-0.3, -0.25) is 0 Å². The summed E-state index contributed by atoms with van der Waals surface area (Å²) in [6.07, 6.45) is 3.28. The van der Waals surface area contributed by atoms with Gasteiger partial charge in [0.1, 0.15) is 5.60 Å². The zero-order valence-electron chi connectivity index (χ0n) is 10.3. The lowest BCUT2D eigenvalue weighted by Gasteiger charge is -2.24. The number of aromatic nitrogens is 2. The number of aliphatic hydroxyl groups is 1. The van der Waals surface area contributed by atoms with E-state index in [4.69, 9.17) is 11.6 Å². The molecule has 0 saturated carbocycles. The summed E-state index contributed by atoms with van der Waals surface area (Å²) in [5.41, 5.74) is -0.314. The summed E-state index contributed by atoms with van der Waals surface area (Å²) in [5.74, 6) is 0.463. The SMILES string of the molecule is CC(O)(CNc1ncc(Br)cn1)c1cccc(Cl)c1. The zero-order valence-corrected chi connectivity index (χ0v) is 12.6. The molecule has 4 nitrogen and oxygen atoms in total. The third-order valence-corrected chi connectivity index (χ3v) is 3.30. The number of benzene rings is 1. The molecule has 2 N–H and O–H groups in total. The Bertz CT molecular complexity index is 560. The summed E-state index contributed by atoms with van der Waals surface area (Å²) in [6, 6.07) is 7.15. The van der Waals surface area contributed by atoms with Crippen molar-refractivity contribution in [2.75, 3.05) is 11.9 Å². The first-order valence-corrected chi connectivity index (χ1v) is 6.84. The van der Waals surface area contributed by atoms with Gasteiger partial charge in [0, 0.05) is 17.4 Å². The Labute approximate surface area is 125 Å². The molecule has 19 heavy (non-hydrogen) atoms. The molecule has 0 spiro atoms. The van der Waals surface area contributed by atoms with E-state index in [0.29, 0.717) is 11.0 Å². The van der Waals surface area contributed by atoms with E-state index in [9.17, 15) is 5.11 Å². The topological polar surface area (TPSA) is 58.0 Å². The minimum Gasteiger partial charge on any atom is -0.384 e. The number of nitrogens with zero attached hydrogens (tertiary/aromatic N) is 2. The molecule has 0 aliphatic heterocycles. The van der Waals surface area contributed by atoms with Crippen molar-refractivity contribution in [3.8, 4) is 0 Å². The molecule has 1 atom stereocenters. The number of rotatable bonds is 4. The normalized spacial score (nSPS) is 13.9. The molecule has 2 rings (SSSR count). The van der Waals surface area contributed by atoms with Gasteiger partial charge in [0.05, 0.1) is 11.0 Å². The van der Waals surface area contributed by atoms with Crippen LogP contribution < -0.4 is 5.32 Å². The fraction of sp³-hybridized carbons (Fsp3) is 0.231. The van der Waals surface area contributed by atoms with Gasteiger partial charge in [-0.1, -0.05) is 23.7 Å². The van der Waals surface area contributed by atoms with Crippen molar-refractivity contribution in [1.82, 2.24) is 9.97 Å². The van der Waals surface area contributed by atoms with Crippen LogP contribution in [0.3, 0.4) is 0 Å². The molecule has 0 amide bonds. The average Bonchev–Trinajstić information content (AvgIpc) is 2.38. The second-order valence-electron chi connectivity index (χ2n) is 4.36. The number of nitrogens with one attached hydrogen (secondary N) is 1. The van der Waals surface area contributed by atoms with Gasteiger partial charge in [0.2, 0.25) is 5.95 Å². The zero-order chi connectivity index (χ0) is 13.9. The van der Waals surface area contributed by atoms with Crippen LogP contribution in [0.4, 0.5) is 5.95 Å². The highest BCUT2D eigenvalue weighted by Gasteiger charge is 2.23. The molecule has 0 aliphatic rings. The summed E-state index contributed by atoms with van der Waals surface area (Å²) in [4.78, 5) is 8.17. The van der Waals surface area contributed by atoms with Crippen molar-refractivity contribution in [2.24, 2.45) is 0 Å². The van der Waals surface area contributed by atoms with Crippen molar-refractivity contribution in [3.63, 3.8) is 0 Å². The summed E-state index contributed by atoms with van der Waals surface area (Å²) in [5, 5.41) is 14.0. The summed E-state index contributed by atoms with van der Waals surface area (Å²) < 4.78 is 0.805. The van der Waals surface area contributed by atoms with E-state index < -0.39 is 5.60 Å². The first-order chi connectivity index (χ1) is 8.97. The van der Waals surface area contributed by atoms with E-state index in [1.807, 2.05) is 12.1 Å². The predicted molar refractivity (Wildman–Crippen MR) is 79.2 cm³/mol. The first kappa shape index (κ1) is 14.2. The summed E-state index contributed by atoms with van der Waals surface area (Å²) >= 11 is 9.19. The van der Waals surface area contributed by atoms with E-state index in [-0.39, 0.29) is 6.54 Å². The minimum atomic E-state index is -1.05. The van der Waals surface area contributed by atoms with E-state index in [1.165, 1.54) is 0 Å². The third-order valence-electron chi connectivity index (χ3n) is 2.66. The van der Waals surface area contributed by atoms with Gasteiger partial charge in [-0.2, -0.15) is 0 Å². The van der Waals surface area contributed by atoms with Gasteiger partial charge in [0.25, 0.3) is 0 Å². The molecule has 100 valence electrons. The monoisotopic (exact) mass is 341 g/mol. The van der Waals surface area contributed by atoms with E-state index >= 15 is 0 Å². The maximum Gasteiger partial charge on any atom is 0.222 e. The molecule has 0 bridgehead atoms. The van der Waals surface area contributed by atoms with E-state index in [2.05, 4.69) is 31.2 Å². The third kappa shape index (κ3) is 3.89. The van der Waals surface area contributed by atoms with Gasteiger partial charge < -0.3 is 10.4 Å². The molecule has 1 unspecified atom stereocenters. The molecular weight excluding hydrogens is 330 g/mol. The molecule has 0 fully saturated rings. The lowest BCUT2D eigenvalue weighted by molar-refractivity contribution is 0.0713. The fourth-order valence-corrected chi connectivity index (χ4v) is 1.98. The van der Waals surface area contributed by atoms with Crippen molar-refractivity contribution >= 4 is 33.5 Å². The Morgan fingerprint density at radius 3 is 2.68 bits per heavy atom. The summed E-state index contributed by atoms with van der Waals surface area (Å²) in [6.45, 7) is 2.00. The molecule has 1 aromatic carbocycles. The van der Waals surface area contributed by atoms with Crippen molar-refractivity contribution in [3.05, 3.63) is 51.7 Å². The lowest BCUT2D eigenvalue weighted by atomic mass is 9.96. The Kier molecular flexibility index (Phi) is 4.39. The van der Waals surface area contributed by atoms with Crippen LogP contribution in [-0.4, -0.2) is 21.6 Å². The molecule has 1 heterocycles.